The topological polar surface area (TPSA) is 15.3 Å². The van der Waals surface area contributed by atoms with Crippen LogP contribution in [0.15, 0.2) is 12.1 Å². The summed E-state index contributed by atoms with van der Waals surface area (Å²) in [5.74, 6) is -3.62. The van der Waals surface area contributed by atoms with Gasteiger partial charge in [-0.05, 0) is 24.1 Å². The summed E-state index contributed by atoms with van der Waals surface area (Å²) in [6, 6.07) is 2.15. The van der Waals surface area contributed by atoms with Gasteiger partial charge in [0.1, 0.15) is 0 Å². The summed E-state index contributed by atoms with van der Waals surface area (Å²) in [6.07, 6.45) is 0.741. The molecule has 0 spiro atoms. The lowest BCUT2D eigenvalue weighted by Gasteiger charge is -2.34. The first-order valence-electron chi connectivity index (χ1n) is 6.22. The fraction of sp³-hybridized carbons (Fsp3) is 0.538. The van der Waals surface area contributed by atoms with Gasteiger partial charge in [-0.2, -0.15) is 0 Å². The number of rotatable bonds is 3. The second-order valence-corrected chi connectivity index (χ2v) is 4.51. The minimum atomic E-state index is -1.39. The molecule has 7 heteroatoms. The highest BCUT2D eigenvalue weighted by Gasteiger charge is 2.23. The van der Waals surface area contributed by atoms with E-state index in [1.54, 1.807) is 0 Å². The Morgan fingerprint density at radius 3 is 2.05 bits per heavy atom. The highest BCUT2D eigenvalue weighted by atomic mass is 35.5. The van der Waals surface area contributed by atoms with Crippen LogP contribution in [0.2, 0.25) is 0 Å². The van der Waals surface area contributed by atoms with Crippen LogP contribution in [-0.2, 0) is 0 Å². The molecule has 1 aliphatic heterocycles. The number of nitrogens with one attached hydrogen (secondary N) is 1. The van der Waals surface area contributed by atoms with Crippen molar-refractivity contribution in [1.29, 1.82) is 0 Å². The molecule has 0 unspecified atom stereocenters. The normalized spacial score (nSPS) is 17.0. The number of hydrogen-bond acceptors (Lipinski definition) is 2. The van der Waals surface area contributed by atoms with Crippen LogP contribution in [-0.4, -0.2) is 31.1 Å². The van der Waals surface area contributed by atoms with E-state index in [0.717, 1.165) is 44.7 Å². The quantitative estimate of drug-likeness (QED) is 0.855. The molecule has 2 nitrogen and oxygen atoms in total. The van der Waals surface area contributed by atoms with Gasteiger partial charge in [-0.15, -0.1) is 24.8 Å². The van der Waals surface area contributed by atoms with Gasteiger partial charge in [0, 0.05) is 32.2 Å². The molecule has 0 amide bonds. The molecule has 2 rings (SSSR count). The highest BCUT2D eigenvalue weighted by Crippen LogP contribution is 2.27. The molecular weight excluding hydrogens is 312 g/mol. The van der Waals surface area contributed by atoms with Gasteiger partial charge >= 0.3 is 0 Å². The van der Waals surface area contributed by atoms with Crippen molar-refractivity contribution in [3.05, 3.63) is 35.1 Å². The average Bonchev–Trinajstić information content (AvgIpc) is 2.38. The zero-order valence-corrected chi connectivity index (χ0v) is 12.8. The van der Waals surface area contributed by atoms with Crippen LogP contribution >= 0.6 is 24.8 Å². The van der Waals surface area contributed by atoms with Crippen LogP contribution in [0, 0.1) is 17.5 Å². The maximum Gasteiger partial charge on any atom is 0.194 e. The van der Waals surface area contributed by atoms with Crippen molar-refractivity contribution in [3.63, 3.8) is 0 Å². The Morgan fingerprint density at radius 1 is 1.10 bits per heavy atom. The molecule has 1 aliphatic rings. The molecule has 116 valence electrons. The molecule has 0 radical (unpaired) electrons. The van der Waals surface area contributed by atoms with Gasteiger partial charge < -0.3 is 5.32 Å². The summed E-state index contributed by atoms with van der Waals surface area (Å²) in [5.41, 5.74) is 0.510. The van der Waals surface area contributed by atoms with Gasteiger partial charge in [0.2, 0.25) is 0 Å². The maximum absolute atomic E-state index is 13.3. The molecule has 1 N–H and O–H groups in total. The van der Waals surface area contributed by atoms with Gasteiger partial charge in [-0.1, -0.05) is 6.92 Å². The van der Waals surface area contributed by atoms with Crippen LogP contribution in [0.5, 0.6) is 0 Å². The Labute approximate surface area is 129 Å². The van der Waals surface area contributed by atoms with E-state index < -0.39 is 17.5 Å². The number of piperazine rings is 1. The molecule has 1 heterocycles. The largest absolute Gasteiger partial charge is 0.314 e. The maximum atomic E-state index is 13.3. The van der Waals surface area contributed by atoms with E-state index in [1.165, 1.54) is 0 Å². The van der Waals surface area contributed by atoms with Crippen LogP contribution in [0.1, 0.15) is 24.9 Å². The molecule has 1 saturated heterocycles. The second-order valence-electron chi connectivity index (χ2n) is 4.51. The highest BCUT2D eigenvalue weighted by molar-refractivity contribution is 5.85. The molecule has 0 aromatic heterocycles. The van der Waals surface area contributed by atoms with E-state index in [9.17, 15) is 13.2 Å². The van der Waals surface area contributed by atoms with Crippen molar-refractivity contribution < 1.29 is 13.2 Å². The van der Waals surface area contributed by atoms with Crippen LogP contribution in [0.4, 0.5) is 13.2 Å². The first kappa shape index (κ1) is 19.5. The smallest absolute Gasteiger partial charge is 0.194 e. The van der Waals surface area contributed by atoms with Crippen molar-refractivity contribution >= 4 is 24.8 Å². The lowest BCUT2D eigenvalue weighted by Crippen LogP contribution is -2.45. The first-order valence-corrected chi connectivity index (χ1v) is 6.22. The summed E-state index contributed by atoms with van der Waals surface area (Å²) in [4.78, 5) is 2.17. The first-order chi connectivity index (χ1) is 8.63. The molecular formula is C13H19Cl2F3N2. The van der Waals surface area contributed by atoms with Gasteiger partial charge in [-0.3, -0.25) is 4.90 Å². The van der Waals surface area contributed by atoms with Gasteiger partial charge in [0.15, 0.2) is 17.5 Å². The minimum Gasteiger partial charge on any atom is -0.314 e. The van der Waals surface area contributed by atoms with Crippen molar-refractivity contribution in [3.8, 4) is 0 Å². The molecule has 1 aromatic carbocycles. The summed E-state index contributed by atoms with van der Waals surface area (Å²) in [5, 5.41) is 3.23. The molecule has 0 saturated carbocycles. The number of benzene rings is 1. The Kier molecular flexibility index (Phi) is 8.51. The SMILES string of the molecule is CC[C@H](c1cc(F)c(F)c(F)c1)N1CCNCC1.Cl.Cl. The molecule has 20 heavy (non-hydrogen) atoms. The van der Waals surface area contributed by atoms with Crippen LogP contribution in [0.25, 0.3) is 0 Å². The van der Waals surface area contributed by atoms with Crippen molar-refractivity contribution in [2.45, 2.75) is 19.4 Å². The Bertz CT molecular complexity index is 403. The van der Waals surface area contributed by atoms with E-state index >= 15 is 0 Å². The van der Waals surface area contributed by atoms with E-state index in [0.29, 0.717) is 5.56 Å². The Balaban J connectivity index is 0.00000180. The van der Waals surface area contributed by atoms with Crippen molar-refractivity contribution in [1.82, 2.24) is 10.2 Å². The molecule has 0 bridgehead atoms. The number of hydrogen-bond donors (Lipinski definition) is 1. The molecule has 1 aromatic rings. The van der Waals surface area contributed by atoms with Crippen LogP contribution < -0.4 is 5.32 Å². The fourth-order valence-corrected chi connectivity index (χ4v) is 2.47. The third kappa shape index (κ3) is 4.25. The van der Waals surface area contributed by atoms with E-state index in [1.807, 2.05) is 6.92 Å². The summed E-state index contributed by atoms with van der Waals surface area (Å²) >= 11 is 0. The Hall–Kier alpha value is -0.490. The van der Waals surface area contributed by atoms with Gasteiger partial charge in [-0.25, -0.2) is 13.2 Å². The minimum absolute atomic E-state index is 0. The van der Waals surface area contributed by atoms with Gasteiger partial charge in [0.25, 0.3) is 0 Å². The van der Waals surface area contributed by atoms with E-state index in [2.05, 4.69) is 10.2 Å². The zero-order valence-electron chi connectivity index (χ0n) is 11.2. The number of nitrogens with zero attached hydrogens (tertiary/aromatic N) is 1. The standard InChI is InChI=1S/C13H17F3N2.2ClH/c1-2-12(18-5-3-17-4-6-18)9-7-10(14)13(16)11(15)8-9;;/h7-8,12,17H,2-6H2,1H3;2*1H/t12-;;/m1../s1. The molecule has 0 aliphatic carbocycles. The van der Waals surface area contributed by atoms with Gasteiger partial charge in [0.05, 0.1) is 0 Å². The summed E-state index contributed by atoms with van der Waals surface area (Å²) < 4.78 is 39.5. The molecule has 1 fully saturated rings. The predicted molar refractivity (Wildman–Crippen MR) is 78.3 cm³/mol. The monoisotopic (exact) mass is 330 g/mol. The predicted octanol–water partition coefficient (Wildman–Crippen LogP) is 3.30. The average molecular weight is 331 g/mol. The third-order valence-electron chi connectivity index (χ3n) is 3.37. The van der Waals surface area contributed by atoms with E-state index in [4.69, 9.17) is 0 Å². The second kappa shape index (κ2) is 8.72. The van der Waals surface area contributed by atoms with Crippen molar-refractivity contribution in [2.24, 2.45) is 0 Å². The van der Waals surface area contributed by atoms with Crippen molar-refractivity contribution in [2.75, 3.05) is 26.2 Å². The summed E-state index contributed by atoms with van der Waals surface area (Å²) in [6.45, 7) is 5.36. The fourth-order valence-electron chi connectivity index (χ4n) is 2.47. The molecule has 1 atom stereocenters. The summed E-state index contributed by atoms with van der Waals surface area (Å²) in [7, 11) is 0. The van der Waals surface area contributed by atoms with Crippen LogP contribution in [0.3, 0.4) is 0 Å². The van der Waals surface area contributed by atoms with E-state index in [-0.39, 0.29) is 30.9 Å². The zero-order chi connectivity index (χ0) is 13.1. The third-order valence-corrected chi connectivity index (χ3v) is 3.37. The lowest BCUT2D eigenvalue weighted by atomic mass is 10.0. The number of halogens is 5. The Morgan fingerprint density at radius 2 is 1.60 bits per heavy atom. The lowest BCUT2D eigenvalue weighted by molar-refractivity contribution is 0.168.